The third-order valence-corrected chi connectivity index (χ3v) is 5.14. The quantitative estimate of drug-likeness (QED) is 0.845. The summed E-state index contributed by atoms with van der Waals surface area (Å²) in [7, 11) is 3.31. The Morgan fingerprint density at radius 1 is 1.05 bits per heavy atom. The lowest BCUT2D eigenvalue weighted by molar-refractivity contribution is -0.123. The number of carbonyl (C=O) groups is 1. The van der Waals surface area contributed by atoms with Crippen molar-refractivity contribution in [1.29, 1.82) is 0 Å². The first-order valence-electron chi connectivity index (χ1n) is 7.04. The molecule has 3 nitrogen and oxygen atoms in total. The minimum absolute atomic E-state index is 0.0857. The molecule has 3 heteroatoms. The Morgan fingerprint density at radius 2 is 1.65 bits per heavy atom. The number of rotatable bonds is 3. The van der Waals surface area contributed by atoms with Crippen LogP contribution >= 0.6 is 0 Å². The van der Waals surface area contributed by atoms with Gasteiger partial charge < -0.3 is 9.47 Å². The van der Waals surface area contributed by atoms with Gasteiger partial charge in [0.2, 0.25) is 0 Å². The molecule has 2 rings (SSSR count). The van der Waals surface area contributed by atoms with Gasteiger partial charge in [0.1, 0.15) is 17.3 Å². The van der Waals surface area contributed by atoms with Crippen LogP contribution in [0.5, 0.6) is 11.5 Å². The number of methoxy groups -OCH3 is 2. The molecule has 0 heterocycles. The van der Waals surface area contributed by atoms with E-state index in [2.05, 4.69) is 13.8 Å². The first-order chi connectivity index (χ1) is 9.27. The van der Waals surface area contributed by atoms with E-state index in [4.69, 9.17) is 9.47 Å². The summed E-state index contributed by atoms with van der Waals surface area (Å²) in [5, 5.41) is 0. The predicted octanol–water partition coefficient (Wildman–Crippen LogP) is 3.66. The lowest BCUT2D eigenvalue weighted by Gasteiger charge is -2.38. The van der Waals surface area contributed by atoms with Gasteiger partial charge in [-0.25, -0.2) is 0 Å². The molecule has 0 bridgehead atoms. The molecule has 20 heavy (non-hydrogen) atoms. The van der Waals surface area contributed by atoms with Crippen LogP contribution in [0.3, 0.4) is 0 Å². The summed E-state index contributed by atoms with van der Waals surface area (Å²) in [6, 6.07) is 3.93. The van der Waals surface area contributed by atoms with Gasteiger partial charge in [-0.15, -0.1) is 0 Å². The van der Waals surface area contributed by atoms with Crippen molar-refractivity contribution in [2.24, 2.45) is 5.41 Å². The van der Waals surface area contributed by atoms with Gasteiger partial charge in [0, 0.05) is 12.0 Å². The molecule has 1 fully saturated rings. The highest BCUT2D eigenvalue weighted by atomic mass is 16.5. The second-order valence-electron chi connectivity index (χ2n) is 6.45. The number of ether oxygens (including phenoxy) is 2. The summed E-state index contributed by atoms with van der Waals surface area (Å²) in [4.78, 5) is 12.6. The molecule has 0 unspecified atom stereocenters. The van der Waals surface area contributed by atoms with Crippen LogP contribution in [0.15, 0.2) is 12.1 Å². The van der Waals surface area contributed by atoms with E-state index < -0.39 is 5.41 Å². The average molecular weight is 276 g/mol. The predicted molar refractivity (Wildman–Crippen MR) is 79.7 cm³/mol. The maximum atomic E-state index is 12.6. The topological polar surface area (TPSA) is 35.5 Å². The molecule has 0 saturated heterocycles. The van der Waals surface area contributed by atoms with Crippen LogP contribution in [0.2, 0.25) is 0 Å². The van der Waals surface area contributed by atoms with E-state index in [9.17, 15) is 4.79 Å². The molecule has 1 aliphatic rings. The molecular formula is C17H24O3. The Hall–Kier alpha value is -1.51. The van der Waals surface area contributed by atoms with Crippen LogP contribution in [0.25, 0.3) is 0 Å². The molecule has 1 aliphatic carbocycles. The molecular weight excluding hydrogens is 252 g/mol. The van der Waals surface area contributed by atoms with Crippen LogP contribution < -0.4 is 9.47 Å². The smallest absolute Gasteiger partial charge is 0.143 e. The van der Waals surface area contributed by atoms with Crippen molar-refractivity contribution in [2.45, 2.75) is 46.0 Å². The molecule has 0 radical (unpaired) electrons. The van der Waals surface area contributed by atoms with E-state index in [1.807, 2.05) is 26.0 Å². The standard InChI is InChI=1S/C17H24O3/c1-11-9-14(20-6)12(10-13(11)19-5)17(4)15(18)7-8-16(17,2)3/h9-10H,7-8H2,1-6H3/t17-/m1/s1. The van der Waals surface area contributed by atoms with Gasteiger partial charge in [-0.05, 0) is 43.4 Å². The number of benzene rings is 1. The van der Waals surface area contributed by atoms with E-state index in [0.29, 0.717) is 6.42 Å². The van der Waals surface area contributed by atoms with Crippen LogP contribution in [-0.4, -0.2) is 20.0 Å². The molecule has 0 N–H and O–H groups in total. The Bertz CT molecular complexity index is 545. The van der Waals surface area contributed by atoms with Crippen molar-refractivity contribution in [3.8, 4) is 11.5 Å². The summed E-state index contributed by atoms with van der Waals surface area (Å²) < 4.78 is 11.0. The van der Waals surface area contributed by atoms with Gasteiger partial charge in [-0.1, -0.05) is 13.8 Å². The van der Waals surface area contributed by atoms with Gasteiger partial charge in [0.15, 0.2) is 0 Å². The Morgan fingerprint density at radius 3 is 2.10 bits per heavy atom. The van der Waals surface area contributed by atoms with Crippen molar-refractivity contribution in [3.05, 3.63) is 23.3 Å². The van der Waals surface area contributed by atoms with Gasteiger partial charge in [0.25, 0.3) is 0 Å². The zero-order valence-corrected chi connectivity index (χ0v) is 13.3. The normalized spacial score (nSPS) is 24.8. The first kappa shape index (κ1) is 14.9. The first-order valence-corrected chi connectivity index (χ1v) is 7.04. The van der Waals surface area contributed by atoms with E-state index in [0.717, 1.165) is 29.0 Å². The van der Waals surface area contributed by atoms with Gasteiger partial charge in [-0.3, -0.25) is 4.79 Å². The zero-order chi connectivity index (χ0) is 15.1. The summed E-state index contributed by atoms with van der Waals surface area (Å²) in [6.07, 6.45) is 1.53. The maximum absolute atomic E-state index is 12.6. The molecule has 0 amide bonds. The molecule has 0 aromatic heterocycles. The number of Topliss-reactive ketones (excluding diaryl/α,β-unsaturated/α-hetero) is 1. The maximum Gasteiger partial charge on any atom is 0.143 e. The van der Waals surface area contributed by atoms with Gasteiger partial charge >= 0.3 is 0 Å². The number of hydrogen-bond acceptors (Lipinski definition) is 3. The van der Waals surface area contributed by atoms with Crippen molar-refractivity contribution in [2.75, 3.05) is 14.2 Å². The summed E-state index contributed by atoms with van der Waals surface area (Å²) in [5.41, 5.74) is 1.34. The number of hydrogen-bond donors (Lipinski definition) is 0. The minimum Gasteiger partial charge on any atom is -0.496 e. The molecule has 1 atom stereocenters. The van der Waals surface area contributed by atoms with Crippen LogP contribution in [0.4, 0.5) is 0 Å². The fraction of sp³-hybridized carbons (Fsp3) is 0.588. The SMILES string of the molecule is COc1cc([C@]2(C)C(=O)CCC2(C)C)c(OC)cc1C. The summed E-state index contributed by atoms with van der Waals surface area (Å²) in [6.45, 7) is 8.33. The third-order valence-electron chi connectivity index (χ3n) is 5.14. The molecule has 1 aromatic carbocycles. The number of ketones is 1. The monoisotopic (exact) mass is 276 g/mol. The van der Waals surface area contributed by atoms with E-state index in [-0.39, 0.29) is 11.2 Å². The molecule has 110 valence electrons. The summed E-state index contributed by atoms with van der Waals surface area (Å²) in [5.74, 6) is 1.86. The summed E-state index contributed by atoms with van der Waals surface area (Å²) >= 11 is 0. The van der Waals surface area contributed by atoms with Gasteiger partial charge in [0.05, 0.1) is 19.6 Å². The van der Waals surface area contributed by atoms with Crippen molar-refractivity contribution in [3.63, 3.8) is 0 Å². The fourth-order valence-corrected chi connectivity index (χ4v) is 3.26. The minimum atomic E-state index is -0.528. The van der Waals surface area contributed by atoms with Crippen LogP contribution in [-0.2, 0) is 10.2 Å². The number of carbonyl (C=O) groups excluding carboxylic acids is 1. The van der Waals surface area contributed by atoms with E-state index in [1.165, 1.54) is 0 Å². The molecule has 0 aliphatic heterocycles. The fourth-order valence-electron chi connectivity index (χ4n) is 3.26. The highest BCUT2D eigenvalue weighted by molar-refractivity contribution is 5.94. The highest BCUT2D eigenvalue weighted by Crippen LogP contribution is 2.54. The van der Waals surface area contributed by atoms with Crippen LogP contribution in [0, 0.1) is 12.3 Å². The molecule has 1 saturated carbocycles. The van der Waals surface area contributed by atoms with Crippen molar-refractivity contribution >= 4 is 5.78 Å². The Labute approximate surface area is 121 Å². The highest BCUT2D eigenvalue weighted by Gasteiger charge is 2.53. The lowest BCUT2D eigenvalue weighted by Crippen LogP contribution is -2.40. The number of aryl methyl sites for hydroxylation is 1. The average Bonchev–Trinajstić information content (AvgIpc) is 2.62. The largest absolute Gasteiger partial charge is 0.496 e. The lowest BCUT2D eigenvalue weighted by atomic mass is 9.64. The van der Waals surface area contributed by atoms with E-state index in [1.54, 1.807) is 14.2 Å². The molecule has 0 spiro atoms. The second kappa shape index (κ2) is 4.80. The van der Waals surface area contributed by atoms with Crippen molar-refractivity contribution < 1.29 is 14.3 Å². The molecule has 1 aromatic rings. The Kier molecular flexibility index (Phi) is 3.57. The second-order valence-corrected chi connectivity index (χ2v) is 6.45. The Balaban J connectivity index is 2.70. The zero-order valence-electron chi connectivity index (χ0n) is 13.3. The van der Waals surface area contributed by atoms with Crippen molar-refractivity contribution in [1.82, 2.24) is 0 Å². The van der Waals surface area contributed by atoms with E-state index >= 15 is 0 Å². The van der Waals surface area contributed by atoms with Crippen LogP contribution in [0.1, 0.15) is 44.7 Å². The third kappa shape index (κ3) is 1.91. The van der Waals surface area contributed by atoms with Gasteiger partial charge in [-0.2, -0.15) is 0 Å².